The first-order chi connectivity index (χ1) is 7.42. The second kappa shape index (κ2) is 2.25. The zero-order chi connectivity index (χ0) is 9.83. The lowest BCUT2D eigenvalue weighted by Gasteiger charge is -2.03. The molecule has 0 saturated carbocycles. The first-order valence-corrected chi connectivity index (χ1v) is 4.76. The molecule has 0 bridgehead atoms. The molecule has 0 spiro atoms. The van der Waals surface area contributed by atoms with E-state index >= 15 is 0 Å². The van der Waals surface area contributed by atoms with Crippen molar-refractivity contribution >= 4 is 28.7 Å². The molecule has 0 fully saturated rings. The first-order valence-electron chi connectivity index (χ1n) is 4.76. The van der Waals surface area contributed by atoms with E-state index in [1.807, 2.05) is 22.9 Å². The minimum atomic E-state index is 0.849. The topological polar surface area (TPSA) is 47.5 Å². The Labute approximate surface area is 84.7 Å². The van der Waals surface area contributed by atoms with Crippen LogP contribution >= 0.6 is 0 Å². The van der Waals surface area contributed by atoms with Gasteiger partial charge in [-0.15, -0.1) is 0 Å². The van der Waals surface area contributed by atoms with Crippen molar-refractivity contribution in [1.82, 2.24) is 18.9 Å². The molecule has 0 saturated heterocycles. The van der Waals surface area contributed by atoms with Crippen molar-refractivity contribution in [2.45, 2.75) is 6.54 Å². The fraction of sp³-hybridized carbons (Fsp3) is 0.100. The number of nitrogens with zero attached hydrogens (tertiary/aromatic N) is 5. The number of hydrogen-bond acceptors (Lipinski definition) is 3. The smallest absolute Gasteiger partial charge is 0.165 e. The third kappa shape index (κ3) is 0.799. The van der Waals surface area contributed by atoms with Crippen LogP contribution in [0.3, 0.4) is 0 Å². The second-order valence-corrected chi connectivity index (χ2v) is 3.60. The summed E-state index contributed by atoms with van der Waals surface area (Å²) in [5.74, 6) is 0.961. The minimum Gasteiger partial charge on any atom is -0.324 e. The van der Waals surface area contributed by atoms with E-state index in [1.165, 1.54) is 0 Å². The maximum atomic E-state index is 4.29. The zero-order valence-electron chi connectivity index (χ0n) is 7.83. The molecule has 1 aliphatic rings. The van der Waals surface area contributed by atoms with Crippen molar-refractivity contribution in [2.24, 2.45) is 4.99 Å². The van der Waals surface area contributed by atoms with E-state index in [0.29, 0.717) is 0 Å². The molecule has 0 atom stereocenters. The third-order valence-electron chi connectivity index (χ3n) is 2.73. The lowest BCUT2D eigenvalue weighted by molar-refractivity contribution is 0.878. The Morgan fingerprint density at radius 2 is 2.20 bits per heavy atom. The molecule has 0 N–H and O–H groups in total. The SMILES string of the molecule is C1=Nc2cn3c(cc4ncnc43)cn2C1. The van der Waals surface area contributed by atoms with Crippen molar-refractivity contribution in [3.05, 3.63) is 24.8 Å². The Balaban J connectivity index is 2.24. The van der Waals surface area contributed by atoms with Gasteiger partial charge in [-0.3, -0.25) is 4.40 Å². The minimum absolute atomic E-state index is 0.849. The summed E-state index contributed by atoms with van der Waals surface area (Å²) in [6, 6.07) is 2.04. The van der Waals surface area contributed by atoms with Crippen molar-refractivity contribution in [3.63, 3.8) is 0 Å². The molecule has 0 aromatic carbocycles. The van der Waals surface area contributed by atoms with E-state index in [4.69, 9.17) is 0 Å². The summed E-state index contributed by atoms with van der Waals surface area (Å²) in [5, 5.41) is 0. The van der Waals surface area contributed by atoms with Gasteiger partial charge in [-0.25, -0.2) is 15.0 Å². The molecular weight excluding hydrogens is 190 g/mol. The summed E-state index contributed by atoms with van der Waals surface area (Å²) in [5.41, 5.74) is 2.94. The van der Waals surface area contributed by atoms with Crippen molar-refractivity contribution in [2.75, 3.05) is 0 Å². The van der Waals surface area contributed by atoms with Gasteiger partial charge in [0, 0.05) is 12.4 Å². The largest absolute Gasteiger partial charge is 0.324 e. The van der Waals surface area contributed by atoms with Gasteiger partial charge in [0.1, 0.15) is 17.7 Å². The second-order valence-electron chi connectivity index (χ2n) is 3.60. The van der Waals surface area contributed by atoms with Gasteiger partial charge in [0.2, 0.25) is 0 Å². The van der Waals surface area contributed by atoms with Gasteiger partial charge in [-0.1, -0.05) is 0 Å². The molecule has 1 aliphatic heterocycles. The highest BCUT2D eigenvalue weighted by molar-refractivity contribution is 5.81. The van der Waals surface area contributed by atoms with E-state index in [1.54, 1.807) is 6.33 Å². The van der Waals surface area contributed by atoms with Crippen LogP contribution in [0.4, 0.5) is 5.82 Å². The van der Waals surface area contributed by atoms with Gasteiger partial charge in [0.15, 0.2) is 5.65 Å². The molecule has 5 heteroatoms. The molecular formula is C10H7N5. The first kappa shape index (κ1) is 7.17. The lowest BCUT2D eigenvalue weighted by Crippen LogP contribution is -1.96. The molecule has 3 aromatic heterocycles. The number of imidazole rings is 1. The molecule has 0 unspecified atom stereocenters. The van der Waals surface area contributed by atoms with Gasteiger partial charge >= 0.3 is 0 Å². The fourth-order valence-corrected chi connectivity index (χ4v) is 2.02. The molecule has 0 radical (unpaired) electrons. The molecule has 0 aliphatic carbocycles. The maximum Gasteiger partial charge on any atom is 0.165 e. The Kier molecular flexibility index (Phi) is 1.08. The van der Waals surface area contributed by atoms with Crippen LogP contribution in [-0.2, 0) is 6.54 Å². The average Bonchev–Trinajstić information content (AvgIpc) is 2.86. The summed E-state index contributed by atoms with van der Waals surface area (Å²) in [6.45, 7) is 0.849. The summed E-state index contributed by atoms with van der Waals surface area (Å²) in [7, 11) is 0. The van der Waals surface area contributed by atoms with Crippen molar-refractivity contribution in [1.29, 1.82) is 0 Å². The van der Waals surface area contributed by atoms with Crippen LogP contribution in [0.1, 0.15) is 0 Å². The van der Waals surface area contributed by atoms with Crippen molar-refractivity contribution < 1.29 is 0 Å². The van der Waals surface area contributed by atoms with Crippen LogP contribution in [0.15, 0.2) is 29.8 Å². The van der Waals surface area contributed by atoms with Gasteiger partial charge in [-0.2, -0.15) is 0 Å². The summed E-state index contributed by atoms with van der Waals surface area (Å²) >= 11 is 0. The molecule has 4 heterocycles. The van der Waals surface area contributed by atoms with Crippen molar-refractivity contribution in [3.8, 4) is 0 Å². The van der Waals surface area contributed by atoms with E-state index < -0.39 is 0 Å². The predicted molar refractivity (Wildman–Crippen MR) is 56.6 cm³/mol. The Morgan fingerprint density at radius 1 is 1.20 bits per heavy atom. The molecule has 5 nitrogen and oxygen atoms in total. The molecule has 4 rings (SSSR count). The van der Waals surface area contributed by atoms with E-state index in [0.717, 1.165) is 29.0 Å². The highest BCUT2D eigenvalue weighted by Crippen LogP contribution is 2.22. The van der Waals surface area contributed by atoms with Gasteiger partial charge < -0.3 is 4.57 Å². The maximum absolute atomic E-state index is 4.29. The molecule has 72 valence electrons. The van der Waals surface area contributed by atoms with Crippen LogP contribution in [0.25, 0.3) is 16.7 Å². The van der Waals surface area contributed by atoms with Crippen LogP contribution in [0, 0.1) is 0 Å². The highest BCUT2D eigenvalue weighted by atomic mass is 15.1. The monoisotopic (exact) mass is 197 g/mol. The number of rotatable bonds is 0. The van der Waals surface area contributed by atoms with Crippen LogP contribution in [-0.4, -0.2) is 25.2 Å². The van der Waals surface area contributed by atoms with Gasteiger partial charge in [-0.05, 0) is 6.07 Å². The quantitative estimate of drug-likeness (QED) is 0.547. The average molecular weight is 197 g/mol. The Morgan fingerprint density at radius 3 is 3.20 bits per heavy atom. The number of aliphatic imine (C=N–C) groups is 1. The summed E-state index contributed by atoms with van der Waals surface area (Å²) < 4.78 is 4.13. The van der Waals surface area contributed by atoms with Crippen LogP contribution < -0.4 is 0 Å². The zero-order valence-corrected chi connectivity index (χ0v) is 7.83. The van der Waals surface area contributed by atoms with E-state index in [9.17, 15) is 0 Å². The Bertz CT molecular complexity index is 703. The number of fused-ring (bicyclic) bond motifs is 4. The fourth-order valence-electron chi connectivity index (χ4n) is 2.02. The number of aromatic nitrogens is 4. The highest BCUT2D eigenvalue weighted by Gasteiger charge is 2.10. The summed E-state index contributed by atoms with van der Waals surface area (Å²) in [6.07, 6.45) is 7.56. The predicted octanol–water partition coefficient (Wildman–Crippen LogP) is 1.40. The molecule has 15 heavy (non-hydrogen) atoms. The van der Waals surface area contributed by atoms with Crippen LogP contribution in [0.2, 0.25) is 0 Å². The molecule has 0 amide bonds. The summed E-state index contributed by atoms with van der Waals surface area (Å²) in [4.78, 5) is 12.7. The standard InChI is InChI=1S/C10H7N5/c1-2-14-4-7-3-8-10(13-6-12-8)15(7)5-9(14)11-1/h1,3-6H,2H2. The molecule has 3 aromatic rings. The van der Waals surface area contributed by atoms with Gasteiger partial charge in [0.05, 0.1) is 18.3 Å². The Hall–Kier alpha value is -2.17. The van der Waals surface area contributed by atoms with Crippen LogP contribution in [0.5, 0.6) is 0 Å². The lowest BCUT2D eigenvalue weighted by atomic mass is 10.5. The third-order valence-corrected chi connectivity index (χ3v) is 2.73. The normalized spacial score (nSPS) is 14.1. The van der Waals surface area contributed by atoms with E-state index in [2.05, 4.69) is 25.7 Å². The van der Waals surface area contributed by atoms with Gasteiger partial charge in [0.25, 0.3) is 0 Å². The van der Waals surface area contributed by atoms with E-state index in [-0.39, 0.29) is 0 Å². The number of hydrogen-bond donors (Lipinski definition) is 0.